The van der Waals surface area contributed by atoms with E-state index in [0.29, 0.717) is 12.2 Å². The van der Waals surface area contributed by atoms with Crippen molar-refractivity contribution in [1.29, 1.82) is 0 Å². The predicted molar refractivity (Wildman–Crippen MR) is 83.9 cm³/mol. The predicted octanol–water partition coefficient (Wildman–Crippen LogP) is 4.44. The van der Waals surface area contributed by atoms with Gasteiger partial charge in [0.1, 0.15) is 5.78 Å². The topological polar surface area (TPSA) is 17.1 Å². The number of carbonyl (C=O) groups is 1. The molecule has 0 aromatic heterocycles. The summed E-state index contributed by atoms with van der Waals surface area (Å²) in [5.41, 5.74) is 3.89. The van der Waals surface area contributed by atoms with Crippen LogP contribution in [0.2, 0.25) is 0 Å². The molecule has 2 rings (SSSR count). The zero-order valence-electron chi connectivity index (χ0n) is 12.3. The van der Waals surface area contributed by atoms with Crippen LogP contribution in [-0.2, 0) is 17.6 Å². The van der Waals surface area contributed by atoms with Gasteiger partial charge in [-0.15, -0.1) is 0 Å². The Bertz CT molecular complexity index is 538. The number of ketones is 1. The van der Waals surface area contributed by atoms with Gasteiger partial charge in [0.25, 0.3) is 0 Å². The fourth-order valence-electron chi connectivity index (χ4n) is 2.21. The molecule has 0 saturated heterocycles. The van der Waals surface area contributed by atoms with Gasteiger partial charge in [-0.1, -0.05) is 68.4 Å². The van der Waals surface area contributed by atoms with Gasteiger partial charge in [-0.2, -0.15) is 0 Å². The third-order valence-corrected chi connectivity index (χ3v) is 3.58. The van der Waals surface area contributed by atoms with Gasteiger partial charge in [0.2, 0.25) is 0 Å². The van der Waals surface area contributed by atoms with Gasteiger partial charge < -0.3 is 0 Å². The summed E-state index contributed by atoms with van der Waals surface area (Å²) < 4.78 is 0. The van der Waals surface area contributed by atoms with Crippen LogP contribution in [-0.4, -0.2) is 5.78 Å². The third-order valence-electron chi connectivity index (χ3n) is 3.58. The van der Waals surface area contributed by atoms with Crippen molar-refractivity contribution >= 4 is 5.78 Å². The second kappa shape index (κ2) is 7.04. The molecule has 0 aliphatic rings. The Morgan fingerprint density at radius 3 is 2.00 bits per heavy atom. The van der Waals surface area contributed by atoms with Crippen LogP contribution in [0.1, 0.15) is 37.0 Å². The van der Waals surface area contributed by atoms with Crippen molar-refractivity contribution in [1.82, 2.24) is 0 Å². The molecule has 2 aromatic carbocycles. The molecule has 0 radical (unpaired) electrons. The monoisotopic (exact) mass is 266 g/mol. The van der Waals surface area contributed by atoms with E-state index in [0.717, 1.165) is 12.8 Å². The van der Waals surface area contributed by atoms with E-state index >= 15 is 0 Å². The number of carbonyl (C=O) groups excluding carboxylic acids is 1. The Labute approximate surface area is 121 Å². The van der Waals surface area contributed by atoms with Crippen molar-refractivity contribution in [3.63, 3.8) is 0 Å². The number of benzene rings is 2. The summed E-state index contributed by atoms with van der Waals surface area (Å²) >= 11 is 0. The molecule has 0 spiro atoms. The quantitative estimate of drug-likeness (QED) is 0.755. The van der Waals surface area contributed by atoms with Crippen LogP contribution in [0.4, 0.5) is 0 Å². The van der Waals surface area contributed by atoms with E-state index in [2.05, 4.69) is 48.5 Å². The second-order valence-corrected chi connectivity index (χ2v) is 5.60. The lowest BCUT2D eigenvalue weighted by Gasteiger charge is -2.06. The number of aryl methyl sites for hydroxylation is 1. The van der Waals surface area contributed by atoms with E-state index in [9.17, 15) is 4.79 Å². The van der Waals surface area contributed by atoms with Gasteiger partial charge in [0.05, 0.1) is 0 Å². The van der Waals surface area contributed by atoms with E-state index in [-0.39, 0.29) is 5.92 Å². The van der Waals surface area contributed by atoms with Crippen molar-refractivity contribution in [2.75, 3.05) is 0 Å². The zero-order chi connectivity index (χ0) is 14.4. The van der Waals surface area contributed by atoms with Crippen molar-refractivity contribution in [2.45, 2.75) is 33.1 Å². The Hall–Kier alpha value is -1.89. The molecule has 2 aromatic rings. The van der Waals surface area contributed by atoms with Crippen LogP contribution in [0.15, 0.2) is 54.6 Å². The fraction of sp³-hybridized carbons (Fsp3) is 0.316. The Morgan fingerprint density at radius 2 is 1.40 bits per heavy atom. The number of rotatable bonds is 6. The summed E-state index contributed by atoms with van der Waals surface area (Å²) in [5, 5.41) is 0. The molecule has 0 saturated carbocycles. The minimum Gasteiger partial charge on any atom is -0.299 e. The molecule has 1 heteroatoms. The Morgan fingerprint density at radius 1 is 0.850 bits per heavy atom. The molecular formula is C19H22O. The number of hydrogen-bond acceptors (Lipinski definition) is 1. The molecule has 0 aliphatic carbocycles. The highest BCUT2D eigenvalue weighted by atomic mass is 16.1. The van der Waals surface area contributed by atoms with Gasteiger partial charge >= 0.3 is 0 Å². The summed E-state index contributed by atoms with van der Waals surface area (Å²) in [4.78, 5) is 11.6. The first-order chi connectivity index (χ1) is 9.65. The van der Waals surface area contributed by atoms with Gasteiger partial charge in [-0.05, 0) is 29.5 Å². The maximum absolute atomic E-state index is 11.6. The molecule has 0 amide bonds. The van der Waals surface area contributed by atoms with Crippen molar-refractivity contribution in [2.24, 2.45) is 5.92 Å². The zero-order valence-corrected chi connectivity index (χ0v) is 12.3. The van der Waals surface area contributed by atoms with Gasteiger partial charge in [0, 0.05) is 12.3 Å². The van der Waals surface area contributed by atoms with Gasteiger partial charge in [0.15, 0.2) is 0 Å². The first-order valence-electron chi connectivity index (χ1n) is 7.29. The molecule has 0 aliphatic heterocycles. The van der Waals surface area contributed by atoms with Crippen LogP contribution < -0.4 is 0 Å². The normalized spacial score (nSPS) is 10.8. The van der Waals surface area contributed by atoms with Crippen molar-refractivity contribution < 1.29 is 4.79 Å². The van der Waals surface area contributed by atoms with Crippen LogP contribution >= 0.6 is 0 Å². The number of Topliss-reactive ketones (excluding diaryl/α,β-unsaturated/α-hetero) is 1. The van der Waals surface area contributed by atoms with E-state index in [1.807, 2.05) is 19.9 Å². The van der Waals surface area contributed by atoms with Gasteiger partial charge in [-0.3, -0.25) is 4.79 Å². The lowest BCUT2D eigenvalue weighted by molar-refractivity contribution is -0.121. The van der Waals surface area contributed by atoms with Crippen LogP contribution in [0.3, 0.4) is 0 Å². The molecule has 0 bridgehead atoms. The van der Waals surface area contributed by atoms with Gasteiger partial charge in [-0.25, -0.2) is 0 Å². The first-order valence-corrected chi connectivity index (χ1v) is 7.29. The molecule has 20 heavy (non-hydrogen) atoms. The van der Waals surface area contributed by atoms with Crippen molar-refractivity contribution in [3.05, 3.63) is 71.3 Å². The average Bonchev–Trinajstić information content (AvgIpc) is 2.47. The summed E-state index contributed by atoms with van der Waals surface area (Å²) in [6.45, 7) is 3.93. The lowest BCUT2D eigenvalue weighted by Crippen LogP contribution is -2.07. The highest BCUT2D eigenvalue weighted by Crippen LogP contribution is 2.12. The minimum absolute atomic E-state index is 0.146. The molecule has 0 N–H and O–H groups in total. The SMILES string of the molecule is CC(C)C(=O)CCc1ccc(Cc2ccccc2)cc1. The maximum Gasteiger partial charge on any atom is 0.135 e. The summed E-state index contributed by atoms with van der Waals surface area (Å²) in [7, 11) is 0. The molecule has 0 unspecified atom stereocenters. The van der Waals surface area contributed by atoms with E-state index in [1.165, 1.54) is 16.7 Å². The largest absolute Gasteiger partial charge is 0.299 e. The lowest BCUT2D eigenvalue weighted by atomic mass is 9.99. The fourth-order valence-corrected chi connectivity index (χ4v) is 2.21. The molecule has 0 heterocycles. The third kappa shape index (κ3) is 4.34. The summed E-state index contributed by atoms with van der Waals surface area (Å²) in [6, 6.07) is 19.1. The Balaban J connectivity index is 1.91. The summed E-state index contributed by atoms with van der Waals surface area (Å²) in [6.07, 6.45) is 2.46. The van der Waals surface area contributed by atoms with Crippen LogP contribution in [0.5, 0.6) is 0 Å². The van der Waals surface area contributed by atoms with E-state index in [4.69, 9.17) is 0 Å². The van der Waals surface area contributed by atoms with E-state index < -0.39 is 0 Å². The van der Waals surface area contributed by atoms with Crippen LogP contribution in [0, 0.1) is 5.92 Å². The van der Waals surface area contributed by atoms with Crippen molar-refractivity contribution in [3.8, 4) is 0 Å². The van der Waals surface area contributed by atoms with Crippen LogP contribution in [0.25, 0.3) is 0 Å². The standard InChI is InChI=1S/C19H22O/c1-15(2)19(20)13-12-16-8-10-18(11-9-16)14-17-6-4-3-5-7-17/h3-11,15H,12-14H2,1-2H3. The average molecular weight is 266 g/mol. The molecule has 0 atom stereocenters. The highest BCUT2D eigenvalue weighted by molar-refractivity contribution is 5.80. The van der Waals surface area contributed by atoms with E-state index in [1.54, 1.807) is 0 Å². The molecule has 1 nitrogen and oxygen atoms in total. The molecule has 104 valence electrons. The molecular weight excluding hydrogens is 244 g/mol. The smallest absolute Gasteiger partial charge is 0.135 e. The maximum atomic E-state index is 11.6. The Kier molecular flexibility index (Phi) is 5.11. The second-order valence-electron chi connectivity index (χ2n) is 5.60. The first kappa shape index (κ1) is 14.5. The number of hydrogen-bond donors (Lipinski definition) is 0. The minimum atomic E-state index is 0.146. The summed E-state index contributed by atoms with van der Waals surface area (Å²) in [5.74, 6) is 0.491. The highest BCUT2D eigenvalue weighted by Gasteiger charge is 2.07. The molecule has 0 fully saturated rings.